The second-order valence-corrected chi connectivity index (χ2v) is 4.41. The van der Waals surface area contributed by atoms with Gasteiger partial charge in [0.15, 0.2) is 0 Å². The summed E-state index contributed by atoms with van der Waals surface area (Å²) in [6.45, 7) is 6.87. The molecule has 0 aromatic heterocycles. The fourth-order valence-electron chi connectivity index (χ4n) is 1.85. The maximum absolute atomic E-state index is 2.39. The third-order valence-corrected chi connectivity index (χ3v) is 2.75. The molecule has 0 aromatic carbocycles. The molecule has 84 valence electrons. The molecule has 0 fully saturated rings. The highest BCUT2D eigenvalue weighted by Crippen LogP contribution is 2.15. The predicted molar refractivity (Wildman–Crippen MR) is 66.6 cm³/mol. The van der Waals surface area contributed by atoms with Gasteiger partial charge in [0.05, 0.1) is 0 Å². The fourth-order valence-corrected chi connectivity index (χ4v) is 1.85. The van der Waals surface area contributed by atoms with Gasteiger partial charge in [0.25, 0.3) is 0 Å². The first kappa shape index (κ1) is 13.7. The minimum absolute atomic E-state index is 0.950. The summed E-state index contributed by atoms with van der Waals surface area (Å²) < 4.78 is 0. The summed E-state index contributed by atoms with van der Waals surface area (Å²) in [5, 5.41) is 0. The van der Waals surface area contributed by atoms with Gasteiger partial charge in [0.1, 0.15) is 0 Å². The van der Waals surface area contributed by atoms with Gasteiger partial charge in [-0.15, -0.1) is 0 Å². The van der Waals surface area contributed by atoms with Gasteiger partial charge in [-0.25, -0.2) is 0 Å². The molecule has 14 heavy (non-hydrogen) atoms. The average Bonchev–Trinajstić information content (AvgIpc) is 2.17. The molecule has 0 heteroatoms. The van der Waals surface area contributed by atoms with E-state index in [1.807, 2.05) is 0 Å². The molecule has 0 aliphatic rings. The molecule has 0 rings (SSSR count). The van der Waals surface area contributed by atoms with E-state index in [0.29, 0.717) is 0 Å². The van der Waals surface area contributed by atoms with Crippen LogP contribution in [0, 0.1) is 5.92 Å². The molecule has 0 radical (unpaired) electrons. The second-order valence-electron chi connectivity index (χ2n) is 4.41. The van der Waals surface area contributed by atoms with E-state index >= 15 is 0 Å². The highest BCUT2D eigenvalue weighted by molar-refractivity contribution is 4.79. The summed E-state index contributed by atoms with van der Waals surface area (Å²) >= 11 is 0. The van der Waals surface area contributed by atoms with E-state index in [4.69, 9.17) is 0 Å². The van der Waals surface area contributed by atoms with E-state index in [2.05, 4.69) is 32.9 Å². The Balaban J connectivity index is 3.09. The van der Waals surface area contributed by atoms with Crippen LogP contribution in [0.15, 0.2) is 12.2 Å². The molecule has 0 aliphatic carbocycles. The largest absolute Gasteiger partial charge is 0.0888 e. The topological polar surface area (TPSA) is 0 Å². The molecule has 0 amide bonds. The predicted octanol–water partition coefficient (Wildman–Crippen LogP) is 5.34. The summed E-state index contributed by atoms with van der Waals surface area (Å²) in [4.78, 5) is 0. The van der Waals surface area contributed by atoms with Crippen molar-refractivity contribution in [3.63, 3.8) is 0 Å². The van der Waals surface area contributed by atoms with Crippen molar-refractivity contribution in [2.45, 2.75) is 72.1 Å². The molecule has 0 nitrogen and oxygen atoms in total. The lowest BCUT2D eigenvalue weighted by Gasteiger charge is -2.08. The summed E-state index contributed by atoms with van der Waals surface area (Å²) in [6, 6.07) is 0. The minimum Gasteiger partial charge on any atom is -0.0888 e. The molecular weight excluding hydrogens is 168 g/mol. The first-order chi connectivity index (χ1) is 6.81. The molecule has 0 spiro atoms. The van der Waals surface area contributed by atoms with E-state index in [1.54, 1.807) is 0 Å². The SMILES string of the molecule is CCC=CCCCCCC(C)CCC. The lowest BCUT2D eigenvalue weighted by molar-refractivity contribution is 0.457. The molecule has 1 atom stereocenters. The average molecular weight is 196 g/mol. The number of hydrogen-bond acceptors (Lipinski definition) is 0. The van der Waals surface area contributed by atoms with Gasteiger partial charge in [-0.3, -0.25) is 0 Å². The van der Waals surface area contributed by atoms with E-state index in [1.165, 1.54) is 51.4 Å². The van der Waals surface area contributed by atoms with Gasteiger partial charge in [0.2, 0.25) is 0 Å². The van der Waals surface area contributed by atoms with Crippen LogP contribution in [-0.2, 0) is 0 Å². The Labute approximate surface area is 90.8 Å². The number of hydrogen-bond donors (Lipinski definition) is 0. The van der Waals surface area contributed by atoms with Crippen LogP contribution in [0.4, 0.5) is 0 Å². The fraction of sp³-hybridized carbons (Fsp3) is 0.857. The van der Waals surface area contributed by atoms with Crippen molar-refractivity contribution in [2.75, 3.05) is 0 Å². The van der Waals surface area contributed by atoms with Crippen molar-refractivity contribution in [1.29, 1.82) is 0 Å². The van der Waals surface area contributed by atoms with Gasteiger partial charge in [-0.1, -0.05) is 65.0 Å². The quantitative estimate of drug-likeness (QED) is 0.345. The lowest BCUT2D eigenvalue weighted by Crippen LogP contribution is -1.93. The van der Waals surface area contributed by atoms with Crippen molar-refractivity contribution < 1.29 is 0 Å². The first-order valence-electron chi connectivity index (χ1n) is 6.46. The van der Waals surface area contributed by atoms with Crippen LogP contribution in [0.5, 0.6) is 0 Å². The molecule has 0 aliphatic heterocycles. The Morgan fingerprint density at radius 1 is 0.929 bits per heavy atom. The van der Waals surface area contributed by atoms with Gasteiger partial charge in [-0.05, 0) is 25.2 Å². The Morgan fingerprint density at radius 3 is 2.36 bits per heavy atom. The van der Waals surface area contributed by atoms with Crippen LogP contribution in [-0.4, -0.2) is 0 Å². The van der Waals surface area contributed by atoms with Crippen LogP contribution in [0.1, 0.15) is 72.1 Å². The summed E-state index contributed by atoms with van der Waals surface area (Å²) in [5.41, 5.74) is 0. The van der Waals surface area contributed by atoms with Crippen molar-refractivity contribution in [3.05, 3.63) is 12.2 Å². The standard InChI is InChI=1S/C14H28/c1-4-6-7-8-9-10-11-13-14(3)12-5-2/h6-7,14H,4-5,8-13H2,1-3H3. The van der Waals surface area contributed by atoms with E-state index in [9.17, 15) is 0 Å². The Morgan fingerprint density at radius 2 is 1.71 bits per heavy atom. The van der Waals surface area contributed by atoms with Gasteiger partial charge < -0.3 is 0 Å². The zero-order valence-electron chi connectivity index (χ0n) is 10.4. The van der Waals surface area contributed by atoms with Gasteiger partial charge in [0, 0.05) is 0 Å². The molecule has 0 saturated carbocycles. The van der Waals surface area contributed by atoms with Crippen LogP contribution in [0.2, 0.25) is 0 Å². The van der Waals surface area contributed by atoms with Crippen LogP contribution < -0.4 is 0 Å². The monoisotopic (exact) mass is 196 g/mol. The van der Waals surface area contributed by atoms with Crippen molar-refractivity contribution >= 4 is 0 Å². The maximum Gasteiger partial charge on any atom is -0.0351 e. The number of rotatable bonds is 9. The third-order valence-electron chi connectivity index (χ3n) is 2.75. The zero-order chi connectivity index (χ0) is 10.6. The molecule has 1 unspecified atom stereocenters. The van der Waals surface area contributed by atoms with E-state index in [-0.39, 0.29) is 0 Å². The second kappa shape index (κ2) is 10.8. The molecule has 0 aromatic rings. The Kier molecular flexibility index (Phi) is 10.6. The van der Waals surface area contributed by atoms with Crippen molar-refractivity contribution in [3.8, 4) is 0 Å². The normalized spacial score (nSPS) is 13.6. The van der Waals surface area contributed by atoms with Crippen LogP contribution >= 0.6 is 0 Å². The highest BCUT2D eigenvalue weighted by atomic mass is 14.0. The number of unbranched alkanes of at least 4 members (excludes halogenated alkanes) is 3. The zero-order valence-corrected chi connectivity index (χ0v) is 10.4. The molecular formula is C14H28. The third kappa shape index (κ3) is 9.83. The summed E-state index contributed by atoms with van der Waals surface area (Å²) in [5.74, 6) is 0.950. The van der Waals surface area contributed by atoms with Crippen LogP contribution in [0.3, 0.4) is 0 Å². The molecule has 0 bridgehead atoms. The number of allylic oxidation sites excluding steroid dienone is 2. The Bertz CT molecular complexity index is 124. The molecule has 0 heterocycles. The van der Waals surface area contributed by atoms with E-state index in [0.717, 1.165) is 5.92 Å². The van der Waals surface area contributed by atoms with Crippen molar-refractivity contribution in [2.24, 2.45) is 5.92 Å². The van der Waals surface area contributed by atoms with Crippen LogP contribution in [0.25, 0.3) is 0 Å². The minimum atomic E-state index is 0.950. The Hall–Kier alpha value is -0.260. The highest BCUT2D eigenvalue weighted by Gasteiger charge is 1.99. The molecule has 0 saturated heterocycles. The van der Waals surface area contributed by atoms with Crippen molar-refractivity contribution in [1.82, 2.24) is 0 Å². The molecule has 0 N–H and O–H groups in total. The maximum atomic E-state index is 2.39. The lowest BCUT2D eigenvalue weighted by atomic mass is 9.98. The first-order valence-corrected chi connectivity index (χ1v) is 6.46. The van der Waals surface area contributed by atoms with Gasteiger partial charge in [-0.2, -0.15) is 0 Å². The smallest absolute Gasteiger partial charge is 0.0351 e. The summed E-state index contributed by atoms with van der Waals surface area (Å²) in [7, 11) is 0. The summed E-state index contributed by atoms with van der Waals surface area (Å²) in [6.07, 6.45) is 15.5. The van der Waals surface area contributed by atoms with E-state index < -0.39 is 0 Å². The van der Waals surface area contributed by atoms with Gasteiger partial charge >= 0.3 is 0 Å².